The molecule has 2 atom stereocenters. The van der Waals surface area contributed by atoms with Gasteiger partial charge in [0.15, 0.2) is 0 Å². The lowest BCUT2D eigenvalue weighted by Gasteiger charge is -2.47. The zero-order valence-corrected chi connectivity index (χ0v) is 29.1. The van der Waals surface area contributed by atoms with Crippen LogP contribution in [0.25, 0.3) is 0 Å². The molecule has 2 aromatic carbocycles. The molecular formula is C35H41Cl2N3O3S2. The monoisotopic (exact) mass is 685 g/mol. The Hall–Kier alpha value is -2.23. The van der Waals surface area contributed by atoms with E-state index in [-0.39, 0.29) is 22.5 Å². The van der Waals surface area contributed by atoms with Gasteiger partial charge < -0.3 is 14.7 Å². The van der Waals surface area contributed by atoms with Crippen LogP contribution in [0.3, 0.4) is 0 Å². The zero-order valence-electron chi connectivity index (χ0n) is 26.0. The maximum Gasteiger partial charge on any atom is 0.263 e. The molecule has 2 unspecified atom stereocenters. The molecule has 0 N–H and O–H groups in total. The molecule has 0 radical (unpaired) electrons. The van der Waals surface area contributed by atoms with Crippen molar-refractivity contribution in [2.75, 3.05) is 40.3 Å². The minimum Gasteiger partial charge on any atom is -0.338 e. The van der Waals surface area contributed by atoms with Crippen LogP contribution in [0.4, 0.5) is 0 Å². The quantitative estimate of drug-likeness (QED) is 0.237. The van der Waals surface area contributed by atoms with Crippen molar-refractivity contribution in [3.05, 3.63) is 91.6 Å². The standard InChI is InChI=1S/C35H41Cl2N3O3S2/c1-38(33(42)31-12-7-21-44-31)24-34(27-13-14-29(36)30(37)22-27,39(2)32(41)25-8-3-4-9-25)15-18-40-19-16-35(17-20-40)28-11-6-5-10-26(28)23-45(35)43/h5-7,10-14,21-22,25H,3-4,8-9,15-20,23-24H2,1-2H3. The highest BCUT2D eigenvalue weighted by Crippen LogP contribution is 2.47. The van der Waals surface area contributed by atoms with Gasteiger partial charge in [-0.3, -0.25) is 13.8 Å². The molecular weight excluding hydrogens is 645 g/mol. The summed E-state index contributed by atoms with van der Waals surface area (Å²) in [6, 6.07) is 17.7. The van der Waals surface area contributed by atoms with Crippen molar-refractivity contribution >= 4 is 57.2 Å². The van der Waals surface area contributed by atoms with E-state index in [9.17, 15) is 13.8 Å². The number of hydrogen-bond acceptors (Lipinski definition) is 5. The molecule has 6 rings (SSSR count). The van der Waals surface area contributed by atoms with Crippen molar-refractivity contribution in [3.8, 4) is 0 Å². The normalized spacial score (nSPS) is 21.0. The lowest BCUT2D eigenvalue weighted by atomic mass is 9.82. The molecule has 6 nitrogen and oxygen atoms in total. The smallest absolute Gasteiger partial charge is 0.263 e. The van der Waals surface area contributed by atoms with Crippen molar-refractivity contribution in [2.24, 2.45) is 5.92 Å². The molecule has 10 heteroatoms. The summed E-state index contributed by atoms with van der Waals surface area (Å²) in [5.41, 5.74) is 2.50. The molecule has 1 spiro atoms. The van der Waals surface area contributed by atoms with Crippen LogP contribution in [0.15, 0.2) is 60.0 Å². The maximum absolute atomic E-state index is 14.2. The van der Waals surface area contributed by atoms with Crippen molar-refractivity contribution in [2.45, 2.75) is 61.0 Å². The van der Waals surface area contributed by atoms with Crippen LogP contribution in [0.5, 0.6) is 0 Å². The summed E-state index contributed by atoms with van der Waals surface area (Å²) in [5.74, 6) is 0.655. The number of likely N-dealkylation sites (tertiary alicyclic amines) is 1. The number of piperidine rings is 1. The minimum atomic E-state index is -0.928. The Bertz CT molecular complexity index is 1570. The van der Waals surface area contributed by atoms with E-state index in [1.165, 1.54) is 22.5 Å². The van der Waals surface area contributed by atoms with E-state index in [0.717, 1.165) is 57.2 Å². The predicted octanol–water partition coefficient (Wildman–Crippen LogP) is 7.31. The van der Waals surface area contributed by atoms with Crippen molar-refractivity contribution < 1.29 is 13.8 Å². The van der Waals surface area contributed by atoms with Crippen LogP contribution in [0.1, 0.15) is 71.3 Å². The minimum absolute atomic E-state index is 0.0253. The first-order chi connectivity index (χ1) is 21.6. The third kappa shape index (κ3) is 6.26. The highest BCUT2D eigenvalue weighted by Gasteiger charge is 2.48. The Morgan fingerprint density at radius 2 is 1.76 bits per heavy atom. The van der Waals surface area contributed by atoms with Crippen molar-refractivity contribution in [1.82, 2.24) is 14.7 Å². The lowest BCUT2D eigenvalue weighted by Crippen LogP contribution is -2.57. The van der Waals surface area contributed by atoms with Crippen LogP contribution < -0.4 is 0 Å². The molecule has 2 aliphatic heterocycles. The predicted molar refractivity (Wildman–Crippen MR) is 184 cm³/mol. The van der Waals surface area contributed by atoms with Gasteiger partial charge in [-0.25, -0.2) is 0 Å². The molecule has 2 amide bonds. The summed E-state index contributed by atoms with van der Waals surface area (Å²) in [5, 5.41) is 2.78. The first-order valence-corrected chi connectivity index (χ1v) is 18.8. The van der Waals surface area contributed by atoms with E-state index in [0.29, 0.717) is 40.2 Å². The summed E-state index contributed by atoms with van der Waals surface area (Å²) >= 11 is 14.4. The van der Waals surface area contributed by atoms with Crippen LogP contribution in [-0.2, 0) is 31.6 Å². The second kappa shape index (κ2) is 13.5. The highest BCUT2D eigenvalue weighted by atomic mass is 35.5. The van der Waals surface area contributed by atoms with Crippen LogP contribution in [0.2, 0.25) is 10.0 Å². The first-order valence-electron chi connectivity index (χ1n) is 15.9. The molecule has 45 heavy (non-hydrogen) atoms. The largest absolute Gasteiger partial charge is 0.338 e. The van der Waals surface area contributed by atoms with Crippen LogP contribution in [0, 0.1) is 5.92 Å². The summed E-state index contributed by atoms with van der Waals surface area (Å²) in [7, 11) is 2.79. The fraction of sp³-hybridized carbons (Fsp3) is 0.486. The van der Waals surface area contributed by atoms with Gasteiger partial charge in [-0.05, 0) is 85.5 Å². The average molecular weight is 687 g/mol. The molecule has 1 saturated carbocycles. The maximum atomic E-state index is 14.2. The highest BCUT2D eigenvalue weighted by molar-refractivity contribution is 7.85. The van der Waals surface area contributed by atoms with E-state index in [1.807, 2.05) is 54.7 Å². The molecule has 3 heterocycles. The number of nitrogens with zero attached hydrogens (tertiary/aromatic N) is 3. The topological polar surface area (TPSA) is 60.9 Å². The third-order valence-corrected chi connectivity index (χ3v) is 14.1. The Labute approximate surface area is 283 Å². The Kier molecular flexibility index (Phi) is 9.80. The van der Waals surface area contributed by atoms with Gasteiger partial charge in [0, 0.05) is 49.7 Å². The number of thiophene rings is 1. The van der Waals surface area contributed by atoms with Gasteiger partial charge in [-0.15, -0.1) is 11.3 Å². The molecule has 1 aliphatic carbocycles. The number of rotatable bonds is 9. The van der Waals surface area contributed by atoms with Crippen molar-refractivity contribution in [3.63, 3.8) is 0 Å². The second-order valence-corrected chi connectivity index (χ2v) is 16.4. The number of carbonyl (C=O) groups is 2. The lowest BCUT2D eigenvalue weighted by molar-refractivity contribution is -0.141. The molecule has 0 bridgehead atoms. The number of benzene rings is 2. The number of likely N-dealkylation sites (N-methyl/N-ethyl adjacent to an activating group) is 2. The molecule has 3 aromatic rings. The van der Waals surface area contributed by atoms with Crippen molar-refractivity contribution in [1.29, 1.82) is 0 Å². The van der Waals surface area contributed by atoms with E-state index in [4.69, 9.17) is 23.2 Å². The number of fused-ring (bicyclic) bond motifs is 2. The van der Waals surface area contributed by atoms with Gasteiger partial charge in [0.1, 0.15) is 0 Å². The van der Waals surface area contributed by atoms with Gasteiger partial charge in [0.05, 0.1) is 25.2 Å². The number of hydrogen-bond donors (Lipinski definition) is 0. The second-order valence-electron chi connectivity index (χ2n) is 12.9. The third-order valence-electron chi connectivity index (χ3n) is 10.4. The van der Waals surface area contributed by atoms with E-state index >= 15 is 0 Å². The van der Waals surface area contributed by atoms with Gasteiger partial charge >= 0.3 is 0 Å². The fourth-order valence-corrected chi connectivity index (χ4v) is 10.7. The average Bonchev–Trinajstić information content (AvgIpc) is 3.83. The van der Waals surface area contributed by atoms with E-state index in [1.54, 1.807) is 11.0 Å². The number of halogens is 2. The summed E-state index contributed by atoms with van der Waals surface area (Å²) in [6.45, 7) is 2.67. The first kappa shape index (κ1) is 32.7. The number of carbonyl (C=O) groups excluding carboxylic acids is 2. The zero-order chi connectivity index (χ0) is 31.8. The van der Waals surface area contributed by atoms with Gasteiger partial charge in [0.2, 0.25) is 5.91 Å². The SMILES string of the molecule is CN(CC(CCN1CCC2(CC1)c1ccccc1CS2=O)(c1ccc(Cl)c(Cl)c1)N(C)C(=O)C1CCCC1)C(=O)c1cccs1. The molecule has 240 valence electrons. The van der Waals surface area contributed by atoms with E-state index in [2.05, 4.69) is 23.1 Å². The van der Waals surface area contributed by atoms with Crippen LogP contribution in [-0.4, -0.2) is 71.0 Å². The fourth-order valence-electron chi connectivity index (χ4n) is 7.75. The summed E-state index contributed by atoms with van der Waals surface area (Å²) in [6.07, 6.45) is 6.17. The molecule has 2 fully saturated rings. The Morgan fingerprint density at radius 1 is 1.02 bits per heavy atom. The van der Waals surface area contributed by atoms with Gasteiger partial charge in [-0.2, -0.15) is 0 Å². The summed E-state index contributed by atoms with van der Waals surface area (Å²) in [4.78, 5) is 34.6. The van der Waals surface area contributed by atoms with Gasteiger partial charge in [-0.1, -0.05) is 72.4 Å². The number of amides is 2. The Balaban J connectivity index is 1.31. The molecule has 1 aromatic heterocycles. The molecule has 1 saturated heterocycles. The summed E-state index contributed by atoms with van der Waals surface area (Å²) < 4.78 is 13.2. The Morgan fingerprint density at radius 3 is 2.44 bits per heavy atom. The van der Waals surface area contributed by atoms with E-state index < -0.39 is 16.3 Å². The van der Waals surface area contributed by atoms with Gasteiger partial charge in [0.25, 0.3) is 5.91 Å². The van der Waals surface area contributed by atoms with Crippen LogP contribution >= 0.6 is 34.5 Å². The molecule has 3 aliphatic rings.